The van der Waals surface area contributed by atoms with E-state index in [4.69, 9.17) is 4.74 Å². The molecule has 1 unspecified atom stereocenters. The number of rotatable bonds is 0. The second-order valence-electron chi connectivity index (χ2n) is 2.36. The summed E-state index contributed by atoms with van der Waals surface area (Å²) in [7, 11) is 0. The molecule has 0 bridgehead atoms. The van der Waals surface area contributed by atoms with Crippen LogP contribution in [0, 0.1) is 0 Å². The molecule has 0 aliphatic carbocycles. The Morgan fingerprint density at radius 1 is 1.75 bits per heavy atom. The Bertz CT molecular complexity index is 96.6. The fourth-order valence-corrected chi connectivity index (χ4v) is 0.989. The van der Waals surface area contributed by atoms with Gasteiger partial charge in [0.05, 0.1) is 11.9 Å². The standard InChI is InChI=1S/C7H12O/c1-6-4-3-5-7(2)8-6/h7H,1,3-5H2,2H3. The Balaban J connectivity index is 2.34. The zero-order valence-corrected chi connectivity index (χ0v) is 5.31. The van der Waals surface area contributed by atoms with Crippen LogP contribution in [0.1, 0.15) is 26.2 Å². The minimum atomic E-state index is 0.413. The largest absolute Gasteiger partial charge is 0.496 e. The SMILES string of the molecule is C=C1CCCC(C)O1. The first-order valence-corrected chi connectivity index (χ1v) is 3.13. The number of ether oxygens (including phenoxy) is 1. The number of hydrogen-bond donors (Lipinski definition) is 0. The van der Waals surface area contributed by atoms with Crippen molar-refractivity contribution in [2.75, 3.05) is 0 Å². The highest BCUT2D eigenvalue weighted by atomic mass is 16.5. The van der Waals surface area contributed by atoms with E-state index in [-0.39, 0.29) is 0 Å². The molecule has 46 valence electrons. The van der Waals surface area contributed by atoms with Crippen LogP contribution in [0.25, 0.3) is 0 Å². The van der Waals surface area contributed by atoms with Gasteiger partial charge in [-0.1, -0.05) is 6.58 Å². The van der Waals surface area contributed by atoms with Crippen LogP contribution in [-0.4, -0.2) is 6.10 Å². The van der Waals surface area contributed by atoms with E-state index >= 15 is 0 Å². The van der Waals surface area contributed by atoms with Crippen LogP contribution in [-0.2, 0) is 4.74 Å². The van der Waals surface area contributed by atoms with E-state index in [1.165, 1.54) is 12.8 Å². The molecule has 0 amide bonds. The number of hydrogen-bond acceptors (Lipinski definition) is 1. The molecule has 0 aromatic heterocycles. The van der Waals surface area contributed by atoms with E-state index in [9.17, 15) is 0 Å². The Morgan fingerprint density at radius 3 is 2.88 bits per heavy atom. The van der Waals surface area contributed by atoms with Crippen molar-refractivity contribution >= 4 is 0 Å². The molecule has 0 spiro atoms. The summed E-state index contributed by atoms with van der Waals surface area (Å²) in [6.45, 7) is 5.83. The van der Waals surface area contributed by atoms with Crippen molar-refractivity contribution in [1.29, 1.82) is 0 Å². The Morgan fingerprint density at radius 2 is 2.50 bits per heavy atom. The molecule has 1 nitrogen and oxygen atoms in total. The maximum Gasteiger partial charge on any atom is 0.0954 e. The lowest BCUT2D eigenvalue weighted by Crippen LogP contribution is -2.12. The Labute approximate surface area is 50.3 Å². The Hall–Kier alpha value is -0.460. The summed E-state index contributed by atoms with van der Waals surface area (Å²) in [6.07, 6.45) is 3.92. The van der Waals surface area contributed by atoms with E-state index in [1.807, 2.05) is 0 Å². The fraction of sp³-hybridized carbons (Fsp3) is 0.714. The summed E-state index contributed by atoms with van der Waals surface area (Å²) >= 11 is 0. The molecule has 8 heavy (non-hydrogen) atoms. The molecular weight excluding hydrogens is 100 g/mol. The zero-order valence-electron chi connectivity index (χ0n) is 5.31. The molecular formula is C7H12O. The molecule has 0 saturated carbocycles. The molecule has 1 heteroatoms. The third-order valence-electron chi connectivity index (χ3n) is 1.43. The maximum absolute atomic E-state index is 5.29. The van der Waals surface area contributed by atoms with Gasteiger partial charge in [0.2, 0.25) is 0 Å². The second kappa shape index (κ2) is 2.21. The normalized spacial score (nSPS) is 29.6. The number of allylic oxidation sites excluding steroid dienone is 1. The topological polar surface area (TPSA) is 9.23 Å². The third kappa shape index (κ3) is 1.25. The summed E-state index contributed by atoms with van der Waals surface area (Å²) in [6, 6.07) is 0. The molecule has 1 aliphatic heterocycles. The van der Waals surface area contributed by atoms with Crippen LogP contribution in [0.5, 0.6) is 0 Å². The lowest BCUT2D eigenvalue weighted by Gasteiger charge is -2.21. The molecule has 1 heterocycles. The van der Waals surface area contributed by atoms with Gasteiger partial charge in [-0.2, -0.15) is 0 Å². The van der Waals surface area contributed by atoms with E-state index in [0.29, 0.717) is 6.10 Å². The monoisotopic (exact) mass is 112 g/mol. The quantitative estimate of drug-likeness (QED) is 0.466. The lowest BCUT2D eigenvalue weighted by atomic mass is 10.1. The molecule has 1 atom stereocenters. The Kier molecular flexibility index (Phi) is 1.56. The third-order valence-corrected chi connectivity index (χ3v) is 1.43. The minimum Gasteiger partial charge on any atom is -0.496 e. The molecule has 0 aromatic carbocycles. The summed E-state index contributed by atoms with van der Waals surface area (Å²) in [5.41, 5.74) is 0. The van der Waals surface area contributed by atoms with E-state index in [2.05, 4.69) is 13.5 Å². The highest BCUT2D eigenvalue weighted by molar-refractivity contribution is 4.86. The molecule has 1 rings (SSSR count). The first-order chi connectivity index (χ1) is 3.79. The van der Waals surface area contributed by atoms with Crippen LogP contribution >= 0.6 is 0 Å². The predicted octanol–water partition coefficient (Wildman–Crippen LogP) is 2.09. The summed E-state index contributed by atoms with van der Waals surface area (Å²) in [4.78, 5) is 0. The van der Waals surface area contributed by atoms with Gasteiger partial charge in [0.15, 0.2) is 0 Å². The molecule has 0 radical (unpaired) electrons. The van der Waals surface area contributed by atoms with Crippen molar-refractivity contribution in [2.45, 2.75) is 32.3 Å². The van der Waals surface area contributed by atoms with Crippen LogP contribution < -0.4 is 0 Å². The van der Waals surface area contributed by atoms with Gasteiger partial charge in [0.1, 0.15) is 0 Å². The van der Waals surface area contributed by atoms with E-state index in [1.54, 1.807) is 0 Å². The van der Waals surface area contributed by atoms with Crippen molar-refractivity contribution in [3.63, 3.8) is 0 Å². The average molecular weight is 112 g/mol. The predicted molar refractivity (Wildman–Crippen MR) is 33.5 cm³/mol. The van der Waals surface area contributed by atoms with Crippen LogP contribution in [0.15, 0.2) is 12.3 Å². The highest BCUT2D eigenvalue weighted by Gasteiger charge is 2.10. The van der Waals surface area contributed by atoms with Crippen molar-refractivity contribution in [3.05, 3.63) is 12.3 Å². The van der Waals surface area contributed by atoms with Gasteiger partial charge in [-0.15, -0.1) is 0 Å². The highest BCUT2D eigenvalue weighted by Crippen LogP contribution is 2.19. The molecule has 1 aliphatic rings. The summed E-state index contributed by atoms with van der Waals surface area (Å²) in [5.74, 6) is 0.962. The van der Waals surface area contributed by atoms with Crippen molar-refractivity contribution in [3.8, 4) is 0 Å². The van der Waals surface area contributed by atoms with Crippen LogP contribution in [0.4, 0.5) is 0 Å². The van der Waals surface area contributed by atoms with E-state index < -0.39 is 0 Å². The van der Waals surface area contributed by atoms with Gasteiger partial charge in [0.25, 0.3) is 0 Å². The van der Waals surface area contributed by atoms with E-state index in [0.717, 1.165) is 12.2 Å². The zero-order chi connectivity index (χ0) is 5.98. The first kappa shape index (κ1) is 5.67. The van der Waals surface area contributed by atoms with Crippen molar-refractivity contribution in [2.24, 2.45) is 0 Å². The molecule has 1 saturated heterocycles. The van der Waals surface area contributed by atoms with Gasteiger partial charge in [-0.3, -0.25) is 0 Å². The van der Waals surface area contributed by atoms with Crippen molar-refractivity contribution in [1.82, 2.24) is 0 Å². The summed E-state index contributed by atoms with van der Waals surface area (Å²) < 4.78 is 5.29. The molecule has 1 fully saturated rings. The second-order valence-corrected chi connectivity index (χ2v) is 2.36. The van der Waals surface area contributed by atoms with Gasteiger partial charge in [0, 0.05) is 6.42 Å². The first-order valence-electron chi connectivity index (χ1n) is 3.13. The van der Waals surface area contributed by atoms with Gasteiger partial charge >= 0.3 is 0 Å². The van der Waals surface area contributed by atoms with Crippen LogP contribution in [0.2, 0.25) is 0 Å². The molecule has 0 aromatic rings. The maximum atomic E-state index is 5.29. The van der Waals surface area contributed by atoms with Gasteiger partial charge in [-0.05, 0) is 19.8 Å². The molecule has 0 N–H and O–H groups in total. The van der Waals surface area contributed by atoms with Gasteiger partial charge < -0.3 is 4.74 Å². The fourth-order valence-electron chi connectivity index (χ4n) is 0.989. The smallest absolute Gasteiger partial charge is 0.0954 e. The minimum absolute atomic E-state index is 0.413. The lowest BCUT2D eigenvalue weighted by molar-refractivity contribution is 0.0890. The summed E-state index contributed by atoms with van der Waals surface area (Å²) in [5, 5.41) is 0. The van der Waals surface area contributed by atoms with Crippen LogP contribution in [0.3, 0.4) is 0 Å². The van der Waals surface area contributed by atoms with Gasteiger partial charge in [-0.25, -0.2) is 0 Å². The van der Waals surface area contributed by atoms with Crippen molar-refractivity contribution < 1.29 is 4.74 Å². The average Bonchev–Trinajstić information content (AvgIpc) is 1.64.